The summed E-state index contributed by atoms with van der Waals surface area (Å²) in [6.45, 7) is 3.54. The van der Waals surface area contributed by atoms with E-state index >= 15 is 4.39 Å². The number of nitrogens with one attached hydrogen (secondary N) is 1. The predicted molar refractivity (Wildman–Crippen MR) is 114 cm³/mol. The molecule has 1 saturated heterocycles. The Labute approximate surface area is 172 Å². The number of nitrogens with zero attached hydrogens (tertiary/aromatic N) is 1. The number of alkyl halides is 1. The third-order valence-electron chi connectivity index (χ3n) is 6.68. The molecule has 1 saturated carbocycles. The van der Waals surface area contributed by atoms with Crippen molar-refractivity contribution in [1.29, 1.82) is 0 Å². The summed E-state index contributed by atoms with van der Waals surface area (Å²) in [5.74, 6) is 0.682. The van der Waals surface area contributed by atoms with Crippen LogP contribution in [0.1, 0.15) is 67.3 Å². The zero-order valence-corrected chi connectivity index (χ0v) is 17.5. The fraction of sp³-hybridized carbons (Fsp3) is 0.625. The standard InChI is InChI=1S/C24H33FN2O2/c1-18-7-6-10-21-22(18)20(15-27(21)16-24(25)12-14-29-17-24)23(28)26-13-11-19-8-4-2-3-5-9-19/h6-7,10,15,19H,2-5,8-9,11-14,16-17H2,1H3,(H,26,28). The molecule has 0 spiro atoms. The summed E-state index contributed by atoms with van der Waals surface area (Å²) < 4.78 is 22.2. The number of fused-ring (bicyclic) bond motifs is 1. The van der Waals surface area contributed by atoms with E-state index in [0.717, 1.165) is 28.8 Å². The molecule has 4 nitrogen and oxygen atoms in total. The van der Waals surface area contributed by atoms with Gasteiger partial charge in [0.1, 0.15) is 0 Å². The van der Waals surface area contributed by atoms with Crippen molar-refractivity contribution in [3.05, 3.63) is 35.5 Å². The van der Waals surface area contributed by atoms with Crippen molar-refractivity contribution in [1.82, 2.24) is 9.88 Å². The number of amides is 1. The Kier molecular flexibility index (Phi) is 6.23. The van der Waals surface area contributed by atoms with Crippen molar-refractivity contribution >= 4 is 16.8 Å². The number of hydrogen-bond donors (Lipinski definition) is 1. The quantitative estimate of drug-likeness (QED) is 0.680. The highest BCUT2D eigenvalue weighted by molar-refractivity contribution is 6.08. The Bertz CT molecular complexity index is 846. The molecule has 5 heteroatoms. The maximum absolute atomic E-state index is 15.0. The highest BCUT2D eigenvalue weighted by atomic mass is 19.1. The van der Waals surface area contributed by atoms with Crippen LogP contribution in [0.2, 0.25) is 0 Å². The highest BCUT2D eigenvalue weighted by Gasteiger charge is 2.36. The molecule has 2 aromatic rings. The van der Waals surface area contributed by atoms with Gasteiger partial charge < -0.3 is 14.6 Å². The van der Waals surface area contributed by atoms with Crippen LogP contribution in [0.5, 0.6) is 0 Å². The van der Waals surface area contributed by atoms with Gasteiger partial charge in [0.2, 0.25) is 0 Å². The van der Waals surface area contributed by atoms with E-state index in [9.17, 15) is 4.79 Å². The molecule has 2 heterocycles. The molecule has 4 rings (SSSR count). The number of benzene rings is 1. The minimum absolute atomic E-state index is 0.0488. The summed E-state index contributed by atoms with van der Waals surface area (Å²) in [5, 5.41) is 4.06. The van der Waals surface area contributed by atoms with Gasteiger partial charge in [-0.25, -0.2) is 4.39 Å². The number of hydrogen-bond acceptors (Lipinski definition) is 2. The van der Waals surface area contributed by atoms with E-state index in [1.807, 2.05) is 35.9 Å². The Morgan fingerprint density at radius 3 is 2.79 bits per heavy atom. The van der Waals surface area contributed by atoms with E-state index in [4.69, 9.17) is 4.74 Å². The van der Waals surface area contributed by atoms with Gasteiger partial charge in [-0.2, -0.15) is 0 Å². The van der Waals surface area contributed by atoms with Crippen LogP contribution in [-0.2, 0) is 11.3 Å². The minimum Gasteiger partial charge on any atom is -0.378 e. The predicted octanol–water partition coefficient (Wildman–Crippen LogP) is 5.17. The largest absolute Gasteiger partial charge is 0.378 e. The zero-order valence-electron chi connectivity index (χ0n) is 17.5. The van der Waals surface area contributed by atoms with E-state index in [-0.39, 0.29) is 19.1 Å². The van der Waals surface area contributed by atoms with Crippen molar-refractivity contribution in [2.24, 2.45) is 5.92 Å². The molecular weight excluding hydrogens is 367 g/mol. The summed E-state index contributed by atoms with van der Waals surface area (Å²) in [7, 11) is 0. The molecule has 2 aliphatic rings. The Morgan fingerprint density at radius 2 is 2.07 bits per heavy atom. The lowest BCUT2D eigenvalue weighted by atomic mass is 9.96. The van der Waals surface area contributed by atoms with Gasteiger partial charge in [0.05, 0.1) is 18.7 Å². The van der Waals surface area contributed by atoms with Crippen LogP contribution in [0.4, 0.5) is 4.39 Å². The normalized spacial score (nSPS) is 23.4. The van der Waals surface area contributed by atoms with Crippen LogP contribution in [0.25, 0.3) is 10.9 Å². The molecule has 0 radical (unpaired) electrons. The number of carbonyl (C=O) groups is 1. The molecule has 2 fully saturated rings. The maximum Gasteiger partial charge on any atom is 0.253 e. The molecule has 0 bridgehead atoms. The minimum atomic E-state index is -1.36. The maximum atomic E-state index is 15.0. The second kappa shape index (κ2) is 8.86. The Balaban J connectivity index is 1.49. The second-order valence-corrected chi connectivity index (χ2v) is 9.00. The number of rotatable bonds is 6. The molecule has 1 atom stereocenters. The fourth-order valence-electron chi connectivity index (χ4n) is 4.98. The molecule has 29 heavy (non-hydrogen) atoms. The summed E-state index contributed by atoms with van der Waals surface area (Å²) in [6, 6.07) is 5.96. The first-order chi connectivity index (χ1) is 14.1. The van der Waals surface area contributed by atoms with E-state index in [0.29, 0.717) is 25.1 Å². The molecule has 1 aromatic heterocycles. The Hall–Kier alpha value is -1.88. The first kappa shape index (κ1) is 20.4. The van der Waals surface area contributed by atoms with Crippen molar-refractivity contribution < 1.29 is 13.9 Å². The zero-order chi connectivity index (χ0) is 20.3. The van der Waals surface area contributed by atoms with Crippen molar-refractivity contribution in [2.45, 2.75) is 70.5 Å². The van der Waals surface area contributed by atoms with E-state index in [1.54, 1.807) is 0 Å². The molecule has 1 aliphatic heterocycles. The van der Waals surface area contributed by atoms with E-state index < -0.39 is 5.67 Å². The van der Waals surface area contributed by atoms with Gasteiger partial charge in [0.15, 0.2) is 5.67 Å². The van der Waals surface area contributed by atoms with Crippen LogP contribution in [0.3, 0.4) is 0 Å². The molecule has 1 aromatic carbocycles. The van der Waals surface area contributed by atoms with Crippen molar-refractivity contribution in [3.63, 3.8) is 0 Å². The number of halogens is 1. The lowest BCUT2D eigenvalue weighted by Crippen LogP contribution is -2.29. The number of carbonyl (C=O) groups excluding carboxylic acids is 1. The molecule has 1 N–H and O–H groups in total. The summed E-state index contributed by atoms with van der Waals surface area (Å²) >= 11 is 0. The van der Waals surface area contributed by atoms with E-state index in [2.05, 4.69) is 5.32 Å². The van der Waals surface area contributed by atoms with Crippen LogP contribution < -0.4 is 5.32 Å². The van der Waals surface area contributed by atoms with Gasteiger partial charge >= 0.3 is 0 Å². The first-order valence-corrected chi connectivity index (χ1v) is 11.2. The fourth-order valence-corrected chi connectivity index (χ4v) is 4.98. The SMILES string of the molecule is Cc1cccc2c1c(C(=O)NCCC1CCCCCC1)cn2CC1(F)CCOC1. The second-order valence-electron chi connectivity index (χ2n) is 9.00. The topological polar surface area (TPSA) is 43.3 Å². The number of aryl methyl sites for hydroxylation is 1. The molecule has 1 amide bonds. The number of aromatic nitrogens is 1. The van der Waals surface area contributed by atoms with Gasteiger partial charge in [-0.15, -0.1) is 0 Å². The monoisotopic (exact) mass is 400 g/mol. The smallest absolute Gasteiger partial charge is 0.253 e. The third-order valence-corrected chi connectivity index (χ3v) is 6.68. The summed E-state index contributed by atoms with van der Waals surface area (Å²) in [6.07, 6.45) is 11.2. The first-order valence-electron chi connectivity index (χ1n) is 11.2. The highest BCUT2D eigenvalue weighted by Crippen LogP contribution is 2.31. The summed E-state index contributed by atoms with van der Waals surface area (Å²) in [4.78, 5) is 13.0. The van der Waals surface area contributed by atoms with Gasteiger partial charge in [-0.1, -0.05) is 50.7 Å². The van der Waals surface area contributed by atoms with Gasteiger partial charge in [0, 0.05) is 36.7 Å². The van der Waals surface area contributed by atoms with Gasteiger partial charge in [-0.05, 0) is 30.9 Å². The van der Waals surface area contributed by atoms with E-state index in [1.165, 1.54) is 38.5 Å². The molecular formula is C24H33FN2O2. The van der Waals surface area contributed by atoms with Crippen molar-refractivity contribution in [2.75, 3.05) is 19.8 Å². The molecule has 1 aliphatic carbocycles. The van der Waals surface area contributed by atoms with Crippen LogP contribution in [0, 0.1) is 12.8 Å². The lowest BCUT2D eigenvalue weighted by molar-refractivity contribution is 0.0944. The average molecular weight is 401 g/mol. The number of ether oxygens (including phenoxy) is 1. The lowest BCUT2D eigenvalue weighted by Gasteiger charge is -2.18. The van der Waals surface area contributed by atoms with Crippen LogP contribution in [-0.4, -0.2) is 35.9 Å². The van der Waals surface area contributed by atoms with Crippen molar-refractivity contribution in [3.8, 4) is 0 Å². The summed E-state index contributed by atoms with van der Waals surface area (Å²) in [5.41, 5.74) is 1.26. The van der Waals surface area contributed by atoms with Crippen LogP contribution in [0.15, 0.2) is 24.4 Å². The third kappa shape index (κ3) is 4.66. The average Bonchev–Trinajstić information content (AvgIpc) is 3.18. The molecule has 1 unspecified atom stereocenters. The van der Waals surface area contributed by atoms with Gasteiger partial charge in [-0.3, -0.25) is 4.79 Å². The Morgan fingerprint density at radius 1 is 1.28 bits per heavy atom. The molecule has 158 valence electrons. The van der Waals surface area contributed by atoms with Gasteiger partial charge in [0.25, 0.3) is 5.91 Å². The van der Waals surface area contributed by atoms with Crippen LogP contribution >= 0.6 is 0 Å².